The average molecular weight is 507 g/mol. The molecule has 3 fully saturated rings. The molecule has 0 spiro atoms. The fraction of sp³-hybridized carbons (Fsp3) is 0.261. The minimum absolute atomic E-state index is 0.151. The summed E-state index contributed by atoms with van der Waals surface area (Å²) in [5.41, 5.74) is -0.257. The first-order valence-corrected chi connectivity index (χ1v) is 11.3. The molecule has 3 aliphatic carbocycles. The summed E-state index contributed by atoms with van der Waals surface area (Å²) in [6.45, 7) is -0.151. The number of benzene rings is 2. The molecule has 6 rings (SSSR count). The van der Waals surface area contributed by atoms with Crippen LogP contribution in [-0.2, 0) is 4.79 Å². The Kier molecular flexibility index (Phi) is 5.31. The number of nitrogens with one attached hydrogen (secondary N) is 3. The van der Waals surface area contributed by atoms with Crippen molar-refractivity contribution in [3.63, 3.8) is 0 Å². The SMILES string of the molecule is O=C(COc1ccc(Cl)c(Cl)c1)NC12CC(NC(=O)c3cc(=O)c4cc(Cl)ccc4[nH]3)(C1)C2. The van der Waals surface area contributed by atoms with Crippen molar-refractivity contribution in [1.29, 1.82) is 0 Å². The van der Waals surface area contributed by atoms with Crippen molar-refractivity contribution in [2.75, 3.05) is 6.61 Å². The van der Waals surface area contributed by atoms with Crippen LogP contribution in [0, 0.1) is 0 Å². The normalized spacial score (nSPS) is 22.8. The summed E-state index contributed by atoms with van der Waals surface area (Å²) in [6, 6.07) is 10.9. The van der Waals surface area contributed by atoms with Gasteiger partial charge in [0, 0.05) is 39.1 Å². The van der Waals surface area contributed by atoms with E-state index in [1.165, 1.54) is 6.07 Å². The van der Waals surface area contributed by atoms with Crippen molar-refractivity contribution in [2.45, 2.75) is 30.3 Å². The van der Waals surface area contributed by atoms with E-state index in [0.29, 0.717) is 51.0 Å². The van der Waals surface area contributed by atoms with Crippen LogP contribution < -0.4 is 20.8 Å². The molecule has 33 heavy (non-hydrogen) atoms. The topological polar surface area (TPSA) is 100 Å². The number of ether oxygens (including phenoxy) is 1. The first-order valence-electron chi connectivity index (χ1n) is 10.2. The second kappa shape index (κ2) is 7.94. The van der Waals surface area contributed by atoms with Gasteiger partial charge in [0.1, 0.15) is 11.4 Å². The smallest absolute Gasteiger partial charge is 0.268 e. The summed E-state index contributed by atoms with van der Waals surface area (Å²) in [6.07, 6.45) is 1.87. The molecular formula is C23H18Cl3N3O4. The maximum atomic E-state index is 12.7. The molecule has 2 bridgehead atoms. The largest absolute Gasteiger partial charge is 0.484 e. The Balaban J connectivity index is 1.15. The lowest BCUT2D eigenvalue weighted by molar-refractivity contribution is -0.141. The Morgan fingerprint density at radius 3 is 2.39 bits per heavy atom. The number of H-pyrrole nitrogens is 1. The van der Waals surface area contributed by atoms with Crippen LogP contribution in [0.1, 0.15) is 29.8 Å². The van der Waals surface area contributed by atoms with E-state index in [9.17, 15) is 14.4 Å². The highest BCUT2D eigenvalue weighted by atomic mass is 35.5. The lowest BCUT2D eigenvalue weighted by Gasteiger charge is -2.70. The minimum atomic E-state index is -0.374. The number of rotatable bonds is 6. The van der Waals surface area contributed by atoms with Crippen LogP contribution in [0.25, 0.3) is 10.9 Å². The highest BCUT2D eigenvalue weighted by molar-refractivity contribution is 6.42. The Morgan fingerprint density at radius 2 is 1.67 bits per heavy atom. The molecular weight excluding hydrogens is 489 g/mol. The molecule has 0 unspecified atom stereocenters. The van der Waals surface area contributed by atoms with Gasteiger partial charge in [-0.25, -0.2) is 0 Å². The van der Waals surface area contributed by atoms with Crippen LogP contribution in [0.3, 0.4) is 0 Å². The Labute approximate surface area is 203 Å². The number of aromatic nitrogens is 1. The van der Waals surface area contributed by atoms with Gasteiger partial charge in [0.25, 0.3) is 11.8 Å². The van der Waals surface area contributed by atoms with Crippen molar-refractivity contribution in [3.05, 3.63) is 73.4 Å². The number of aromatic amines is 1. The zero-order valence-corrected chi connectivity index (χ0v) is 19.4. The number of hydrogen-bond acceptors (Lipinski definition) is 4. The number of fused-ring (bicyclic) bond motifs is 1. The molecule has 3 saturated carbocycles. The number of carbonyl (C=O) groups excluding carboxylic acids is 2. The zero-order valence-electron chi connectivity index (χ0n) is 17.1. The Morgan fingerprint density at radius 1 is 0.939 bits per heavy atom. The minimum Gasteiger partial charge on any atom is -0.484 e. The maximum Gasteiger partial charge on any atom is 0.268 e. The van der Waals surface area contributed by atoms with Crippen LogP contribution in [0.5, 0.6) is 5.75 Å². The van der Waals surface area contributed by atoms with Crippen molar-refractivity contribution in [2.24, 2.45) is 0 Å². The Bertz CT molecular complexity index is 1350. The van der Waals surface area contributed by atoms with E-state index in [4.69, 9.17) is 39.5 Å². The lowest BCUT2D eigenvalue weighted by Crippen LogP contribution is -2.84. The van der Waals surface area contributed by atoms with Gasteiger partial charge in [-0.3, -0.25) is 14.4 Å². The molecule has 1 heterocycles. The molecule has 0 saturated heterocycles. The highest BCUT2D eigenvalue weighted by Gasteiger charge is 2.69. The van der Waals surface area contributed by atoms with E-state index in [1.54, 1.807) is 36.4 Å². The molecule has 170 valence electrons. The van der Waals surface area contributed by atoms with Gasteiger partial charge in [0.2, 0.25) is 0 Å². The average Bonchev–Trinajstić information content (AvgIpc) is 2.72. The molecule has 0 radical (unpaired) electrons. The standard InChI is InChI=1S/C23H18Cl3N3O4/c24-12-1-4-17-14(5-12)19(30)7-18(27-17)21(32)29-23-9-22(10-23,11-23)28-20(31)8-33-13-2-3-15(25)16(26)6-13/h1-7H,8-11H2,(H,27,30)(H,28,31)(H,29,32). The van der Waals surface area contributed by atoms with E-state index >= 15 is 0 Å². The van der Waals surface area contributed by atoms with E-state index in [1.807, 2.05) is 0 Å². The van der Waals surface area contributed by atoms with Gasteiger partial charge in [-0.15, -0.1) is 0 Å². The number of halogens is 3. The third-order valence-corrected chi connectivity index (χ3v) is 7.09. The predicted octanol–water partition coefficient (Wildman–Crippen LogP) is 4.09. The van der Waals surface area contributed by atoms with Crippen molar-refractivity contribution in [1.82, 2.24) is 15.6 Å². The molecule has 7 nitrogen and oxygen atoms in total. The van der Waals surface area contributed by atoms with Crippen LogP contribution in [0.15, 0.2) is 47.3 Å². The summed E-state index contributed by atoms with van der Waals surface area (Å²) in [5.74, 6) is -0.155. The van der Waals surface area contributed by atoms with Crippen molar-refractivity contribution < 1.29 is 14.3 Å². The van der Waals surface area contributed by atoms with Gasteiger partial charge in [-0.1, -0.05) is 34.8 Å². The molecule has 10 heteroatoms. The third-order valence-electron chi connectivity index (χ3n) is 6.11. The highest BCUT2D eigenvalue weighted by Crippen LogP contribution is 2.60. The van der Waals surface area contributed by atoms with E-state index < -0.39 is 0 Å². The van der Waals surface area contributed by atoms with Crippen LogP contribution in [-0.4, -0.2) is 34.5 Å². The molecule has 3 N–H and O–H groups in total. The molecule has 3 aliphatic rings. The molecule has 0 atom stereocenters. The molecule has 2 amide bonds. The third kappa shape index (κ3) is 4.16. The maximum absolute atomic E-state index is 12.7. The van der Waals surface area contributed by atoms with Crippen LogP contribution in [0.2, 0.25) is 15.1 Å². The number of hydrogen-bond donors (Lipinski definition) is 3. The number of carbonyl (C=O) groups is 2. The van der Waals surface area contributed by atoms with Gasteiger partial charge in [-0.2, -0.15) is 0 Å². The lowest BCUT2D eigenvalue weighted by atomic mass is 9.44. The molecule has 2 aromatic carbocycles. The van der Waals surface area contributed by atoms with E-state index in [2.05, 4.69) is 15.6 Å². The second-order valence-corrected chi connectivity index (χ2v) is 9.95. The number of pyridine rings is 1. The van der Waals surface area contributed by atoms with Gasteiger partial charge < -0.3 is 20.4 Å². The van der Waals surface area contributed by atoms with Crippen LogP contribution >= 0.6 is 34.8 Å². The summed E-state index contributed by atoms with van der Waals surface area (Å²) in [5, 5.41) is 7.62. The van der Waals surface area contributed by atoms with Gasteiger partial charge in [0.05, 0.1) is 10.0 Å². The van der Waals surface area contributed by atoms with Gasteiger partial charge in [0.15, 0.2) is 12.0 Å². The Hall–Kier alpha value is -2.74. The summed E-state index contributed by atoms with van der Waals surface area (Å²) in [4.78, 5) is 40.4. The summed E-state index contributed by atoms with van der Waals surface area (Å²) < 4.78 is 5.47. The van der Waals surface area contributed by atoms with Gasteiger partial charge in [-0.05, 0) is 49.6 Å². The summed E-state index contributed by atoms with van der Waals surface area (Å²) >= 11 is 17.8. The quantitative estimate of drug-likeness (QED) is 0.469. The van der Waals surface area contributed by atoms with Crippen LogP contribution in [0.4, 0.5) is 0 Å². The zero-order chi connectivity index (χ0) is 23.4. The van der Waals surface area contributed by atoms with E-state index in [-0.39, 0.29) is 40.6 Å². The fourth-order valence-corrected chi connectivity index (χ4v) is 5.21. The molecule has 1 aromatic heterocycles. The summed E-state index contributed by atoms with van der Waals surface area (Å²) in [7, 11) is 0. The second-order valence-electron chi connectivity index (χ2n) is 8.70. The monoisotopic (exact) mass is 505 g/mol. The predicted molar refractivity (Wildman–Crippen MR) is 126 cm³/mol. The first-order chi connectivity index (χ1) is 15.7. The van der Waals surface area contributed by atoms with Gasteiger partial charge >= 0.3 is 0 Å². The van der Waals surface area contributed by atoms with Crippen molar-refractivity contribution in [3.8, 4) is 5.75 Å². The first kappa shape index (κ1) is 22.1. The molecule has 3 aromatic rings. The fourth-order valence-electron chi connectivity index (χ4n) is 4.75. The molecule has 0 aliphatic heterocycles. The van der Waals surface area contributed by atoms with E-state index in [0.717, 1.165) is 0 Å². The number of amides is 2. The van der Waals surface area contributed by atoms with Crippen molar-refractivity contribution >= 4 is 57.5 Å².